The van der Waals surface area contributed by atoms with Gasteiger partial charge in [0.25, 0.3) is 10.0 Å². The van der Waals surface area contributed by atoms with E-state index in [1.165, 1.54) is 17.0 Å². The third-order valence-corrected chi connectivity index (χ3v) is 9.12. The Hall–Kier alpha value is -3.85. The minimum Gasteiger partial charge on any atom is -0.494 e. The van der Waals surface area contributed by atoms with E-state index >= 15 is 0 Å². The van der Waals surface area contributed by atoms with E-state index in [1.54, 1.807) is 42.5 Å². The molecule has 1 atom stereocenters. The summed E-state index contributed by atoms with van der Waals surface area (Å²) in [6, 6.07) is 23.5. The molecule has 3 aromatic rings. The number of nitrogens with one attached hydrogen (secondary N) is 1. The zero-order valence-corrected chi connectivity index (χ0v) is 24.6. The standard InChI is InChI=1S/C32H39N3O5S/c1-3-30(32(37)33-26-15-11-12-16-26)34(23-25-13-7-5-8-14-25)31(36)24-35(27-17-9-6-10-18-27)41(38,39)29-21-19-28(20-22-29)40-4-2/h5-10,13-14,17-22,26,30H,3-4,11-12,15-16,23-24H2,1-2H3,(H,33,37). The van der Waals surface area contributed by atoms with Crippen molar-refractivity contribution in [3.05, 3.63) is 90.5 Å². The molecule has 1 aliphatic carbocycles. The van der Waals surface area contributed by atoms with Crippen LogP contribution < -0.4 is 14.4 Å². The maximum atomic E-state index is 14.1. The molecule has 2 amide bonds. The molecule has 1 fully saturated rings. The van der Waals surface area contributed by atoms with Crippen LogP contribution in [-0.4, -0.2) is 50.4 Å². The van der Waals surface area contributed by atoms with Crippen molar-refractivity contribution in [2.45, 2.75) is 69.5 Å². The molecule has 0 bridgehead atoms. The normalized spacial score (nSPS) is 14.3. The highest BCUT2D eigenvalue weighted by molar-refractivity contribution is 7.92. The molecule has 1 unspecified atom stereocenters. The highest BCUT2D eigenvalue weighted by Crippen LogP contribution is 2.26. The lowest BCUT2D eigenvalue weighted by Gasteiger charge is -2.33. The summed E-state index contributed by atoms with van der Waals surface area (Å²) in [4.78, 5) is 29.1. The number of carbonyl (C=O) groups is 2. The number of hydrogen-bond donors (Lipinski definition) is 1. The number of ether oxygens (including phenoxy) is 1. The molecule has 0 spiro atoms. The summed E-state index contributed by atoms with van der Waals surface area (Å²) < 4.78 is 34.5. The minimum atomic E-state index is -4.13. The lowest BCUT2D eigenvalue weighted by Crippen LogP contribution is -2.53. The van der Waals surface area contributed by atoms with E-state index < -0.39 is 28.5 Å². The molecule has 0 radical (unpaired) electrons. The fourth-order valence-corrected chi connectivity index (χ4v) is 6.61. The Morgan fingerprint density at radius 1 is 0.902 bits per heavy atom. The molecular formula is C32H39N3O5S. The van der Waals surface area contributed by atoms with Gasteiger partial charge in [-0.05, 0) is 68.1 Å². The number of sulfonamides is 1. The number of carbonyl (C=O) groups excluding carboxylic acids is 2. The smallest absolute Gasteiger partial charge is 0.264 e. The molecule has 8 nitrogen and oxygen atoms in total. The summed E-state index contributed by atoms with van der Waals surface area (Å²) in [5.74, 6) is -0.105. The van der Waals surface area contributed by atoms with Gasteiger partial charge in [0.15, 0.2) is 0 Å². The third kappa shape index (κ3) is 7.67. The molecule has 3 aromatic carbocycles. The van der Waals surface area contributed by atoms with Crippen molar-refractivity contribution in [2.24, 2.45) is 0 Å². The van der Waals surface area contributed by atoms with Crippen LogP contribution in [-0.2, 0) is 26.2 Å². The van der Waals surface area contributed by atoms with Crippen molar-refractivity contribution in [3.63, 3.8) is 0 Å². The average molecular weight is 578 g/mol. The number of nitrogens with zero attached hydrogens (tertiary/aromatic N) is 2. The minimum absolute atomic E-state index is 0.0400. The maximum absolute atomic E-state index is 14.1. The molecule has 1 N–H and O–H groups in total. The molecule has 0 aliphatic heterocycles. The summed E-state index contributed by atoms with van der Waals surface area (Å²) >= 11 is 0. The van der Waals surface area contributed by atoms with E-state index in [0.717, 1.165) is 35.6 Å². The number of hydrogen-bond acceptors (Lipinski definition) is 5. The molecule has 9 heteroatoms. The first kappa shape index (κ1) is 30.1. The Labute approximate surface area is 243 Å². The summed E-state index contributed by atoms with van der Waals surface area (Å²) in [5.41, 5.74) is 1.21. The fraction of sp³-hybridized carbons (Fsp3) is 0.375. The van der Waals surface area contributed by atoms with Crippen LogP contribution in [0.5, 0.6) is 5.75 Å². The summed E-state index contributed by atoms with van der Waals surface area (Å²) in [5, 5.41) is 3.13. The number of para-hydroxylation sites is 1. The predicted molar refractivity (Wildman–Crippen MR) is 160 cm³/mol. The van der Waals surface area contributed by atoms with Crippen molar-refractivity contribution in [1.29, 1.82) is 0 Å². The Kier molecular flexibility index (Phi) is 10.4. The van der Waals surface area contributed by atoms with E-state index in [0.29, 0.717) is 24.5 Å². The quantitative estimate of drug-likeness (QED) is 0.303. The van der Waals surface area contributed by atoms with Gasteiger partial charge in [0, 0.05) is 12.6 Å². The first-order chi connectivity index (χ1) is 19.8. The van der Waals surface area contributed by atoms with Gasteiger partial charge in [0.05, 0.1) is 17.2 Å². The highest BCUT2D eigenvalue weighted by Gasteiger charge is 2.34. The Morgan fingerprint density at radius 3 is 2.10 bits per heavy atom. The number of benzene rings is 3. The average Bonchev–Trinajstić information content (AvgIpc) is 3.50. The molecule has 4 rings (SSSR count). The van der Waals surface area contributed by atoms with E-state index in [2.05, 4.69) is 5.32 Å². The molecule has 218 valence electrons. The van der Waals surface area contributed by atoms with Crippen molar-refractivity contribution < 1.29 is 22.7 Å². The first-order valence-corrected chi connectivity index (χ1v) is 15.7. The third-order valence-electron chi connectivity index (χ3n) is 7.33. The van der Waals surface area contributed by atoms with E-state index in [4.69, 9.17) is 4.74 Å². The van der Waals surface area contributed by atoms with Gasteiger partial charge in [0.1, 0.15) is 18.3 Å². The predicted octanol–water partition coefficient (Wildman–Crippen LogP) is 5.15. The SMILES string of the molecule is CCOc1ccc(S(=O)(=O)N(CC(=O)N(Cc2ccccc2)C(CC)C(=O)NC2CCCC2)c2ccccc2)cc1. The van der Waals surface area contributed by atoms with Crippen molar-refractivity contribution in [3.8, 4) is 5.75 Å². The van der Waals surface area contributed by atoms with E-state index in [9.17, 15) is 18.0 Å². The first-order valence-electron chi connectivity index (χ1n) is 14.3. The van der Waals surface area contributed by atoms with Gasteiger partial charge in [-0.1, -0.05) is 68.3 Å². The van der Waals surface area contributed by atoms with Gasteiger partial charge in [-0.15, -0.1) is 0 Å². The zero-order chi connectivity index (χ0) is 29.2. The van der Waals surface area contributed by atoms with Gasteiger partial charge in [-0.2, -0.15) is 0 Å². The summed E-state index contributed by atoms with van der Waals surface area (Å²) in [6.07, 6.45) is 4.40. The van der Waals surface area contributed by atoms with Crippen LogP contribution in [0, 0.1) is 0 Å². The lowest BCUT2D eigenvalue weighted by molar-refractivity contribution is -0.140. The molecular weight excluding hydrogens is 538 g/mol. The number of anilines is 1. The van der Waals surface area contributed by atoms with Gasteiger partial charge < -0.3 is 15.0 Å². The van der Waals surface area contributed by atoms with Crippen molar-refractivity contribution in [2.75, 3.05) is 17.5 Å². The van der Waals surface area contributed by atoms with Gasteiger partial charge >= 0.3 is 0 Å². The topological polar surface area (TPSA) is 96.0 Å². The fourth-order valence-electron chi connectivity index (χ4n) is 5.19. The Bertz CT molecular complexity index is 1380. The van der Waals surface area contributed by atoms with E-state index in [-0.39, 0.29) is 23.4 Å². The molecule has 41 heavy (non-hydrogen) atoms. The van der Waals surface area contributed by atoms with Crippen LogP contribution in [0.1, 0.15) is 51.5 Å². The van der Waals surface area contributed by atoms with Crippen molar-refractivity contribution >= 4 is 27.5 Å². The van der Waals surface area contributed by atoms with Crippen LogP contribution >= 0.6 is 0 Å². The number of amides is 2. The van der Waals surface area contributed by atoms with Crippen LogP contribution in [0.4, 0.5) is 5.69 Å². The van der Waals surface area contributed by atoms with Crippen LogP contribution in [0.25, 0.3) is 0 Å². The van der Waals surface area contributed by atoms with Gasteiger partial charge in [-0.3, -0.25) is 13.9 Å². The second-order valence-corrected chi connectivity index (χ2v) is 12.0. The molecule has 0 heterocycles. The van der Waals surface area contributed by atoms with Crippen LogP contribution in [0.3, 0.4) is 0 Å². The molecule has 1 saturated carbocycles. The summed E-state index contributed by atoms with van der Waals surface area (Å²) in [6.45, 7) is 3.91. The lowest BCUT2D eigenvalue weighted by atomic mass is 10.1. The Morgan fingerprint density at radius 2 is 1.51 bits per heavy atom. The second kappa shape index (κ2) is 14.2. The van der Waals surface area contributed by atoms with E-state index in [1.807, 2.05) is 44.2 Å². The molecule has 0 saturated heterocycles. The van der Waals surface area contributed by atoms with Crippen molar-refractivity contribution in [1.82, 2.24) is 10.2 Å². The molecule has 0 aromatic heterocycles. The maximum Gasteiger partial charge on any atom is 0.264 e. The largest absolute Gasteiger partial charge is 0.494 e. The van der Waals surface area contributed by atoms with Gasteiger partial charge in [-0.25, -0.2) is 8.42 Å². The monoisotopic (exact) mass is 577 g/mol. The highest BCUT2D eigenvalue weighted by atomic mass is 32.2. The molecule has 1 aliphatic rings. The summed E-state index contributed by atoms with van der Waals surface area (Å²) in [7, 11) is -4.13. The van der Waals surface area contributed by atoms with Crippen LogP contribution in [0.2, 0.25) is 0 Å². The Balaban J connectivity index is 1.67. The van der Waals surface area contributed by atoms with Crippen LogP contribution in [0.15, 0.2) is 89.8 Å². The second-order valence-electron chi connectivity index (χ2n) is 10.2. The zero-order valence-electron chi connectivity index (χ0n) is 23.7. The van der Waals surface area contributed by atoms with Gasteiger partial charge in [0.2, 0.25) is 11.8 Å². The number of rotatable bonds is 13.